The van der Waals surface area contributed by atoms with Gasteiger partial charge in [0.1, 0.15) is 6.04 Å². The molecule has 0 radical (unpaired) electrons. The van der Waals surface area contributed by atoms with Crippen LogP contribution in [0.2, 0.25) is 0 Å². The SMILES string of the molecule is CCCNC(C#N)CN(CCC(C)C)C1CC1. The van der Waals surface area contributed by atoms with Gasteiger partial charge < -0.3 is 5.32 Å². The van der Waals surface area contributed by atoms with E-state index in [9.17, 15) is 0 Å². The van der Waals surface area contributed by atoms with Crippen LogP contribution in [0.3, 0.4) is 0 Å². The Kier molecular flexibility index (Phi) is 6.54. The van der Waals surface area contributed by atoms with Crippen molar-refractivity contribution in [2.24, 2.45) is 5.92 Å². The summed E-state index contributed by atoms with van der Waals surface area (Å²) in [6, 6.07) is 3.14. The van der Waals surface area contributed by atoms with Crippen molar-refractivity contribution in [2.45, 2.75) is 58.5 Å². The zero-order valence-electron chi connectivity index (χ0n) is 11.6. The van der Waals surface area contributed by atoms with Crippen LogP contribution in [0.5, 0.6) is 0 Å². The maximum atomic E-state index is 9.14. The number of nitriles is 1. The van der Waals surface area contributed by atoms with Gasteiger partial charge in [0.15, 0.2) is 0 Å². The Morgan fingerprint density at radius 2 is 2.12 bits per heavy atom. The predicted molar refractivity (Wildman–Crippen MR) is 71.7 cm³/mol. The van der Waals surface area contributed by atoms with Crippen molar-refractivity contribution >= 4 is 0 Å². The molecule has 0 aromatic rings. The molecule has 1 atom stereocenters. The molecule has 98 valence electrons. The molecule has 1 aliphatic rings. The second kappa shape index (κ2) is 7.68. The highest BCUT2D eigenvalue weighted by atomic mass is 15.2. The number of rotatable bonds is 9. The van der Waals surface area contributed by atoms with Crippen LogP contribution < -0.4 is 5.32 Å². The lowest BCUT2D eigenvalue weighted by Crippen LogP contribution is -2.42. The first kappa shape index (κ1) is 14.5. The van der Waals surface area contributed by atoms with E-state index in [1.807, 2.05) is 0 Å². The summed E-state index contributed by atoms with van der Waals surface area (Å²) in [5.74, 6) is 0.750. The third-order valence-electron chi connectivity index (χ3n) is 3.27. The lowest BCUT2D eigenvalue weighted by molar-refractivity contribution is 0.234. The molecule has 0 saturated heterocycles. The summed E-state index contributed by atoms with van der Waals surface area (Å²) in [4.78, 5) is 2.51. The van der Waals surface area contributed by atoms with E-state index in [1.54, 1.807) is 0 Å². The maximum absolute atomic E-state index is 9.14. The highest BCUT2D eigenvalue weighted by molar-refractivity contribution is 4.95. The molecule has 0 aromatic heterocycles. The van der Waals surface area contributed by atoms with Crippen molar-refractivity contribution < 1.29 is 0 Å². The summed E-state index contributed by atoms with van der Waals surface area (Å²) >= 11 is 0. The first-order chi connectivity index (χ1) is 8.17. The molecule has 1 aliphatic carbocycles. The quantitative estimate of drug-likeness (QED) is 0.669. The first-order valence-corrected chi connectivity index (χ1v) is 7.04. The van der Waals surface area contributed by atoms with E-state index in [-0.39, 0.29) is 6.04 Å². The van der Waals surface area contributed by atoms with Gasteiger partial charge in [-0.2, -0.15) is 5.26 Å². The molecule has 0 aromatic carbocycles. The summed E-state index contributed by atoms with van der Waals surface area (Å²) in [6.07, 6.45) is 4.98. The molecule has 0 amide bonds. The van der Waals surface area contributed by atoms with E-state index in [1.165, 1.54) is 19.3 Å². The Balaban J connectivity index is 2.33. The molecule has 17 heavy (non-hydrogen) atoms. The summed E-state index contributed by atoms with van der Waals surface area (Å²) in [5.41, 5.74) is 0. The monoisotopic (exact) mass is 237 g/mol. The number of hydrogen-bond acceptors (Lipinski definition) is 3. The molecule has 3 heteroatoms. The van der Waals surface area contributed by atoms with Crippen molar-refractivity contribution in [2.75, 3.05) is 19.6 Å². The highest BCUT2D eigenvalue weighted by Gasteiger charge is 2.30. The molecule has 1 N–H and O–H groups in total. The molecule has 0 aliphatic heterocycles. The largest absolute Gasteiger partial charge is 0.301 e. The summed E-state index contributed by atoms with van der Waals surface area (Å²) in [5, 5.41) is 12.5. The Morgan fingerprint density at radius 3 is 2.59 bits per heavy atom. The van der Waals surface area contributed by atoms with E-state index in [2.05, 4.69) is 37.1 Å². The molecule has 0 spiro atoms. The molecule has 1 unspecified atom stereocenters. The van der Waals surface area contributed by atoms with Gasteiger partial charge in [0.05, 0.1) is 6.07 Å². The Morgan fingerprint density at radius 1 is 1.41 bits per heavy atom. The van der Waals surface area contributed by atoms with Crippen LogP contribution in [0.1, 0.15) is 46.5 Å². The van der Waals surface area contributed by atoms with E-state index in [0.717, 1.165) is 38.0 Å². The minimum absolute atomic E-state index is 0.00251. The normalized spacial score (nSPS) is 17.4. The van der Waals surface area contributed by atoms with Crippen LogP contribution in [0.15, 0.2) is 0 Å². The summed E-state index contributed by atoms with van der Waals surface area (Å²) < 4.78 is 0. The van der Waals surface area contributed by atoms with Gasteiger partial charge >= 0.3 is 0 Å². The van der Waals surface area contributed by atoms with Gasteiger partial charge in [0.25, 0.3) is 0 Å². The Labute approximate surface area is 106 Å². The first-order valence-electron chi connectivity index (χ1n) is 7.04. The maximum Gasteiger partial charge on any atom is 0.108 e. The molecule has 1 fully saturated rings. The predicted octanol–water partition coefficient (Wildman–Crippen LogP) is 2.39. The fraction of sp³-hybridized carbons (Fsp3) is 0.929. The average Bonchev–Trinajstić information content (AvgIpc) is 3.12. The van der Waals surface area contributed by atoms with Crippen LogP contribution in [0.25, 0.3) is 0 Å². The van der Waals surface area contributed by atoms with Crippen molar-refractivity contribution in [3.05, 3.63) is 0 Å². The van der Waals surface area contributed by atoms with Crippen LogP contribution >= 0.6 is 0 Å². The topological polar surface area (TPSA) is 39.1 Å². The van der Waals surface area contributed by atoms with E-state index < -0.39 is 0 Å². The molecule has 0 bridgehead atoms. The third kappa shape index (κ3) is 6.05. The van der Waals surface area contributed by atoms with E-state index in [0.29, 0.717) is 0 Å². The van der Waals surface area contributed by atoms with Gasteiger partial charge in [0.2, 0.25) is 0 Å². The van der Waals surface area contributed by atoms with Gasteiger partial charge in [-0.15, -0.1) is 0 Å². The van der Waals surface area contributed by atoms with Crippen LogP contribution in [0, 0.1) is 17.2 Å². The Bertz CT molecular complexity index is 240. The van der Waals surface area contributed by atoms with Crippen molar-refractivity contribution in [3.63, 3.8) is 0 Å². The highest BCUT2D eigenvalue weighted by Crippen LogP contribution is 2.27. The van der Waals surface area contributed by atoms with Gasteiger partial charge in [-0.1, -0.05) is 20.8 Å². The second-order valence-corrected chi connectivity index (χ2v) is 5.54. The van der Waals surface area contributed by atoms with Gasteiger partial charge in [-0.05, 0) is 44.7 Å². The van der Waals surface area contributed by atoms with E-state index >= 15 is 0 Å². The zero-order chi connectivity index (χ0) is 12.7. The van der Waals surface area contributed by atoms with Crippen molar-refractivity contribution in [3.8, 4) is 6.07 Å². The number of nitrogens with one attached hydrogen (secondary N) is 1. The summed E-state index contributed by atoms with van der Waals surface area (Å²) in [7, 11) is 0. The molecule has 3 nitrogen and oxygen atoms in total. The third-order valence-corrected chi connectivity index (χ3v) is 3.27. The lowest BCUT2D eigenvalue weighted by atomic mass is 10.1. The zero-order valence-corrected chi connectivity index (χ0v) is 11.6. The number of nitrogens with zero attached hydrogens (tertiary/aromatic N) is 2. The van der Waals surface area contributed by atoms with Crippen molar-refractivity contribution in [1.82, 2.24) is 10.2 Å². The fourth-order valence-corrected chi connectivity index (χ4v) is 1.99. The minimum atomic E-state index is 0.00251. The second-order valence-electron chi connectivity index (χ2n) is 5.54. The van der Waals surface area contributed by atoms with Crippen LogP contribution in [-0.4, -0.2) is 36.6 Å². The van der Waals surface area contributed by atoms with Crippen LogP contribution in [-0.2, 0) is 0 Å². The van der Waals surface area contributed by atoms with Gasteiger partial charge in [-0.25, -0.2) is 0 Å². The fourth-order valence-electron chi connectivity index (χ4n) is 1.99. The Hall–Kier alpha value is -0.590. The smallest absolute Gasteiger partial charge is 0.108 e. The molecule has 0 heterocycles. The lowest BCUT2D eigenvalue weighted by Gasteiger charge is -2.25. The van der Waals surface area contributed by atoms with Gasteiger partial charge in [-0.3, -0.25) is 4.90 Å². The van der Waals surface area contributed by atoms with E-state index in [4.69, 9.17) is 5.26 Å². The number of hydrogen-bond donors (Lipinski definition) is 1. The molecule has 1 rings (SSSR count). The van der Waals surface area contributed by atoms with Gasteiger partial charge in [0, 0.05) is 12.6 Å². The average molecular weight is 237 g/mol. The summed E-state index contributed by atoms with van der Waals surface area (Å²) in [6.45, 7) is 9.66. The molecular formula is C14H27N3. The minimum Gasteiger partial charge on any atom is -0.301 e. The van der Waals surface area contributed by atoms with Crippen LogP contribution in [0.4, 0.5) is 0 Å². The molecular weight excluding hydrogens is 210 g/mol. The standard InChI is InChI=1S/C14H27N3/c1-4-8-16-13(10-15)11-17(14-5-6-14)9-7-12(2)3/h12-14,16H,4-9,11H2,1-3H3. The van der Waals surface area contributed by atoms with Crippen molar-refractivity contribution in [1.29, 1.82) is 5.26 Å². The molecule has 1 saturated carbocycles.